The second kappa shape index (κ2) is 5.40. The first kappa shape index (κ1) is 13.4. The molecule has 0 amide bonds. The molecule has 0 spiro atoms. The summed E-state index contributed by atoms with van der Waals surface area (Å²) in [6.07, 6.45) is 0. The summed E-state index contributed by atoms with van der Waals surface area (Å²) < 4.78 is 2.52. The smallest absolute Gasteiger partial charge is 0.0818 e. The summed E-state index contributed by atoms with van der Waals surface area (Å²) in [5.41, 5.74) is 3.72. The third-order valence-electron chi connectivity index (χ3n) is 2.90. The van der Waals surface area contributed by atoms with E-state index < -0.39 is 0 Å². The van der Waals surface area contributed by atoms with E-state index in [-0.39, 0.29) is 6.04 Å². The fraction of sp³-hybridized carbons (Fsp3) is 0.0769. The Morgan fingerprint density at radius 3 is 2.74 bits per heavy atom. The van der Waals surface area contributed by atoms with Crippen molar-refractivity contribution in [3.8, 4) is 0 Å². The molecular formula is C13H10Cl2N2S2. The van der Waals surface area contributed by atoms with Crippen molar-refractivity contribution in [2.24, 2.45) is 5.84 Å². The molecule has 0 aliphatic carbocycles. The first-order valence-corrected chi connectivity index (χ1v) is 8.03. The number of hydrogen-bond acceptors (Lipinski definition) is 4. The number of benzene rings is 1. The number of nitrogens with one attached hydrogen (secondary N) is 1. The van der Waals surface area contributed by atoms with Crippen molar-refractivity contribution in [1.82, 2.24) is 5.43 Å². The van der Waals surface area contributed by atoms with Gasteiger partial charge in [-0.1, -0.05) is 35.3 Å². The number of nitrogens with two attached hydrogens (primary N) is 1. The van der Waals surface area contributed by atoms with Crippen LogP contribution in [0.1, 0.15) is 16.5 Å². The first-order chi connectivity index (χ1) is 9.20. The van der Waals surface area contributed by atoms with Gasteiger partial charge in [-0.05, 0) is 29.1 Å². The van der Waals surface area contributed by atoms with Crippen LogP contribution in [-0.2, 0) is 0 Å². The molecule has 0 aliphatic heterocycles. The summed E-state index contributed by atoms with van der Waals surface area (Å²) in [4.78, 5) is 1.13. The van der Waals surface area contributed by atoms with Gasteiger partial charge in [-0.25, -0.2) is 5.43 Å². The van der Waals surface area contributed by atoms with E-state index >= 15 is 0 Å². The van der Waals surface area contributed by atoms with Gasteiger partial charge in [0.2, 0.25) is 0 Å². The third kappa shape index (κ3) is 2.40. The van der Waals surface area contributed by atoms with Crippen LogP contribution >= 0.6 is 45.9 Å². The van der Waals surface area contributed by atoms with Gasteiger partial charge in [0.25, 0.3) is 0 Å². The van der Waals surface area contributed by atoms with Gasteiger partial charge in [0.05, 0.1) is 16.1 Å². The summed E-state index contributed by atoms with van der Waals surface area (Å²) in [5, 5.41) is 3.17. The monoisotopic (exact) mass is 328 g/mol. The molecule has 1 unspecified atom stereocenters. The predicted octanol–water partition coefficient (Wildman–Crippen LogP) is 4.82. The average molecular weight is 329 g/mol. The molecule has 3 N–H and O–H groups in total. The van der Waals surface area contributed by atoms with Gasteiger partial charge < -0.3 is 0 Å². The lowest BCUT2D eigenvalue weighted by Gasteiger charge is -2.16. The number of fused-ring (bicyclic) bond motifs is 1. The molecule has 6 heteroatoms. The van der Waals surface area contributed by atoms with Gasteiger partial charge in [0.15, 0.2) is 0 Å². The van der Waals surface area contributed by atoms with Crippen LogP contribution in [-0.4, -0.2) is 0 Å². The van der Waals surface area contributed by atoms with Crippen LogP contribution in [0.3, 0.4) is 0 Å². The van der Waals surface area contributed by atoms with Crippen molar-refractivity contribution >= 4 is 55.3 Å². The molecule has 0 fully saturated rings. The maximum Gasteiger partial charge on any atom is 0.0818 e. The quantitative estimate of drug-likeness (QED) is 0.534. The molecule has 1 atom stereocenters. The minimum absolute atomic E-state index is 0.143. The fourth-order valence-electron chi connectivity index (χ4n) is 2.00. The van der Waals surface area contributed by atoms with Crippen molar-refractivity contribution in [3.63, 3.8) is 0 Å². The Kier molecular flexibility index (Phi) is 3.80. The van der Waals surface area contributed by atoms with Crippen LogP contribution in [0.5, 0.6) is 0 Å². The highest BCUT2D eigenvalue weighted by molar-refractivity contribution is 7.27. The van der Waals surface area contributed by atoms with Crippen molar-refractivity contribution in [2.45, 2.75) is 6.04 Å². The third-order valence-corrected chi connectivity index (χ3v) is 5.89. The van der Waals surface area contributed by atoms with Gasteiger partial charge in [-0.3, -0.25) is 5.84 Å². The standard InChI is InChI=1S/C13H10Cl2N2S2/c14-8-3-1-2-7(12(8)15)13(17-16)11-6-10-9(19-11)4-5-18-10/h1-6,13,17H,16H2. The summed E-state index contributed by atoms with van der Waals surface area (Å²) in [6.45, 7) is 0. The summed E-state index contributed by atoms with van der Waals surface area (Å²) in [5.74, 6) is 5.70. The number of halogens is 2. The Labute approximate surface area is 128 Å². The van der Waals surface area contributed by atoms with Crippen molar-refractivity contribution in [1.29, 1.82) is 0 Å². The topological polar surface area (TPSA) is 38.0 Å². The highest BCUT2D eigenvalue weighted by Gasteiger charge is 2.19. The zero-order valence-corrected chi connectivity index (χ0v) is 12.8. The van der Waals surface area contributed by atoms with E-state index in [0.29, 0.717) is 10.0 Å². The molecule has 3 rings (SSSR count). The molecule has 0 saturated heterocycles. The Bertz CT molecular complexity index is 692. The van der Waals surface area contributed by atoms with Gasteiger partial charge >= 0.3 is 0 Å². The minimum Gasteiger partial charge on any atom is -0.271 e. The lowest BCUT2D eigenvalue weighted by Crippen LogP contribution is -2.28. The number of hydrogen-bond donors (Lipinski definition) is 2. The molecule has 3 aromatic rings. The minimum atomic E-state index is -0.143. The van der Waals surface area contributed by atoms with Crippen molar-refractivity contribution in [3.05, 3.63) is 56.2 Å². The van der Waals surface area contributed by atoms with Crippen LogP contribution in [0.2, 0.25) is 10.0 Å². The average Bonchev–Trinajstić information content (AvgIpc) is 2.96. The van der Waals surface area contributed by atoms with E-state index in [4.69, 9.17) is 29.0 Å². The van der Waals surface area contributed by atoms with E-state index in [9.17, 15) is 0 Å². The molecule has 19 heavy (non-hydrogen) atoms. The summed E-state index contributed by atoms with van der Waals surface area (Å²) in [6, 6.07) is 9.70. The van der Waals surface area contributed by atoms with Gasteiger partial charge in [-0.15, -0.1) is 22.7 Å². The highest BCUT2D eigenvalue weighted by Crippen LogP contribution is 2.38. The van der Waals surface area contributed by atoms with E-state index in [1.807, 2.05) is 12.1 Å². The van der Waals surface area contributed by atoms with Crippen LogP contribution in [0.15, 0.2) is 35.7 Å². The van der Waals surface area contributed by atoms with Crippen molar-refractivity contribution < 1.29 is 0 Å². The molecule has 2 aromatic heterocycles. The van der Waals surface area contributed by atoms with Crippen LogP contribution in [0, 0.1) is 0 Å². The first-order valence-electron chi connectivity index (χ1n) is 5.57. The van der Waals surface area contributed by atoms with Gasteiger partial charge in [0.1, 0.15) is 0 Å². The van der Waals surface area contributed by atoms with E-state index in [0.717, 1.165) is 10.4 Å². The Hall–Kier alpha value is -0.620. The zero-order chi connectivity index (χ0) is 13.4. The normalized spacial score (nSPS) is 13.0. The molecule has 1 aromatic carbocycles. The largest absolute Gasteiger partial charge is 0.271 e. The summed E-state index contributed by atoms with van der Waals surface area (Å²) in [7, 11) is 0. The highest BCUT2D eigenvalue weighted by atomic mass is 35.5. The Morgan fingerprint density at radius 1 is 1.16 bits per heavy atom. The molecule has 0 bridgehead atoms. The van der Waals surface area contributed by atoms with Crippen LogP contribution in [0.4, 0.5) is 0 Å². The van der Waals surface area contributed by atoms with Gasteiger partial charge in [0, 0.05) is 14.3 Å². The number of hydrazine groups is 1. The summed E-state index contributed by atoms with van der Waals surface area (Å²) >= 11 is 15.8. The van der Waals surface area contributed by atoms with E-state index in [1.165, 1.54) is 9.40 Å². The zero-order valence-electron chi connectivity index (χ0n) is 9.69. The Morgan fingerprint density at radius 2 is 2.00 bits per heavy atom. The number of thiophene rings is 2. The predicted molar refractivity (Wildman–Crippen MR) is 85.3 cm³/mol. The SMILES string of the molecule is NNC(c1cc2sccc2s1)c1cccc(Cl)c1Cl. The molecule has 0 aliphatic rings. The molecule has 0 radical (unpaired) electrons. The Balaban J connectivity index is 2.09. The van der Waals surface area contributed by atoms with E-state index in [2.05, 4.69) is 22.9 Å². The lowest BCUT2D eigenvalue weighted by molar-refractivity contribution is 0.647. The van der Waals surface area contributed by atoms with Crippen molar-refractivity contribution in [2.75, 3.05) is 0 Å². The molecule has 2 nitrogen and oxygen atoms in total. The fourth-order valence-corrected chi connectivity index (χ4v) is 4.61. The second-order valence-corrected chi connectivity index (χ2v) is 6.89. The van der Waals surface area contributed by atoms with Crippen LogP contribution < -0.4 is 11.3 Å². The lowest BCUT2D eigenvalue weighted by atomic mass is 10.1. The van der Waals surface area contributed by atoms with Gasteiger partial charge in [-0.2, -0.15) is 0 Å². The molecule has 98 valence electrons. The maximum absolute atomic E-state index is 6.27. The molecule has 0 saturated carbocycles. The second-order valence-electron chi connectivity index (χ2n) is 4.04. The van der Waals surface area contributed by atoms with E-state index in [1.54, 1.807) is 28.7 Å². The molecule has 2 heterocycles. The van der Waals surface area contributed by atoms with Crippen LogP contribution in [0.25, 0.3) is 9.40 Å². The maximum atomic E-state index is 6.27. The number of rotatable bonds is 3. The molecular weight excluding hydrogens is 319 g/mol.